The van der Waals surface area contributed by atoms with Crippen molar-refractivity contribution in [1.82, 2.24) is 9.62 Å². The Morgan fingerprint density at radius 2 is 1.70 bits per heavy atom. The molecular formula is C18H20BrN3O4S. The maximum absolute atomic E-state index is 12.2. The Morgan fingerprint density at radius 1 is 1.07 bits per heavy atom. The Labute approximate surface area is 166 Å². The normalized spacial score (nSPS) is 11.3. The molecule has 0 unspecified atom stereocenters. The Balaban J connectivity index is 1.96. The van der Waals surface area contributed by atoms with E-state index in [0.29, 0.717) is 5.69 Å². The minimum Gasteiger partial charge on any atom is -0.343 e. The highest BCUT2D eigenvalue weighted by molar-refractivity contribution is 9.10. The topological polar surface area (TPSA) is 95.6 Å². The largest absolute Gasteiger partial charge is 0.343 e. The lowest BCUT2D eigenvalue weighted by atomic mass is 10.2. The summed E-state index contributed by atoms with van der Waals surface area (Å²) in [4.78, 5) is 24.3. The van der Waals surface area contributed by atoms with Gasteiger partial charge in [-0.2, -0.15) is 0 Å². The molecule has 7 nitrogen and oxygen atoms in total. The van der Waals surface area contributed by atoms with Crippen molar-refractivity contribution in [1.29, 1.82) is 0 Å². The van der Waals surface area contributed by atoms with E-state index in [9.17, 15) is 18.0 Å². The highest BCUT2D eigenvalue weighted by Crippen LogP contribution is 2.19. The van der Waals surface area contributed by atoms with Crippen molar-refractivity contribution >= 4 is 43.5 Å². The summed E-state index contributed by atoms with van der Waals surface area (Å²) in [5.74, 6) is -0.827. The fourth-order valence-corrected chi connectivity index (χ4v) is 3.59. The first-order valence-electron chi connectivity index (χ1n) is 7.98. The number of hydrogen-bond acceptors (Lipinski definition) is 4. The van der Waals surface area contributed by atoms with Crippen LogP contribution < -0.4 is 10.6 Å². The van der Waals surface area contributed by atoms with Crippen LogP contribution in [0.15, 0.2) is 51.8 Å². The second-order valence-corrected chi connectivity index (χ2v) is 9.07. The van der Waals surface area contributed by atoms with Gasteiger partial charge in [-0.15, -0.1) is 0 Å². The summed E-state index contributed by atoms with van der Waals surface area (Å²) in [5.41, 5.74) is 1.82. The number of rotatable bonds is 6. The Kier molecular flexibility index (Phi) is 6.74. The van der Waals surface area contributed by atoms with Crippen molar-refractivity contribution in [3.05, 3.63) is 58.1 Å². The van der Waals surface area contributed by atoms with E-state index < -0.39 is 15.9 Å². The molecule has 0 radical (unpaired) electrons. The number of anilines is 1. The fourth-order valence-electron chi connectivity index (χ4n) is 2.21. The van der Waals surface area contributed by atoms with Crippen LogP contribution in [0.25, 0.3) is 0 Å². The van der Waals surface area contributed by atoms with Crippen LogP contribution in [0.1, 0.15) is 15.9 Å². The summed E-state index contributed by atoms with van der Waals surface area (Å²) in [6, 6.07) is 11.0. The molecule has 0 aliphatic heterocycles. The van der Waals surface area contributed by atoms with Gasteiger partial charge in [-0.25, -0.2) is 12.7 Å². The van der Waals surface area contributed by atoms with E-state index in [1.807, 2.05) is 19.1 Å². The molecule has 0 spiro atoms. The number of nitrogens with one attached hydrogen (secondary N) is 2. The molecule has 9 heteroatoms. The maximum atomic E-state index is 12.2. The lowest BCUT2D eigenvalue weighted by Gasteiger charge is -2.12. The summed E-state index contributed by atoms with van der Waals surface area (Å²) < 4.78 is 26.0. The zero-order chi connectivity index (χ0) is 20.2. The maximum Gasteiger partial charge on any atom is 0.251 e. The fraction of sp³-hybridized carbons (Fsp3) is 0.222. The number of nitrogens with zero attached hydrogens (tertiary/aromatic N) is 1. The highest BCUT2D eigenvalue weighted by Gasteiger charge is 2.17. The van der Waals surface area contributed by atoms with Crippen LogP contribution in [0.5, 0.6) is 0 Å². The molecule has 0 atom stereocenters. The van der Waals surface area contributed by atoms with E-state index in [-0.39, 0.29) is 22.9 Å². The zero-order valence-corrected chi connectivity index (χ0v) is 17.5. The monoisotopic (exact) mass is 453 g/mol. The number of carbonyl (C=O) groups is 2. The third-order valence-electron chi connectivity index (χ3n) is 3.77. The molecule has 0 heterocycles. The van der Waals surface area contributed by atoms with Crippen LogP contribution in [0.2, 0.25) is 0 Å². The van der Waals surface area contributed by atoms with Gasteiger partial charge in [-0.05, 0) is 55.0 Å². The molecule has 0 saturated carbocycles. The summed E-state index contributed by atoms with van der Waals surface area (Å²) in [6.07, 6.45) is 0. The van der Waals surface area contributed by atoms with Crippen molar-refractivity contribution in [3.8, 4) is 0 Å². The molecule has 0 aliphatic carbocycles. The highest BCUT2D eigenvalue weighted by atomic mass is 79.9. The number of halogens is 1. The first-order chi connectivity index (χ1) is 12.6. The van der Waals surface area contributed by atoms with E-state index in [1.54, 1.807) is 6.07 Å². The molecule has 0 aliphatic rings. The second kappa shape index (κ2) is 8.64. The number of carbonyl (C=O) groups excluding carboxylic acids is 2. The average molecular weight is 454 g/mol. The van der Waals surface area contributed by atoms with Gasteiger partial charge in [0.15, 0.2) is 0 Å². The molecule has 0 fully saturated rings. The number of benzene rings is 2. The van der Waals surface area contributed by atoms with Crippen molar-refractivity contribution in [2.75, 3.05) is 26.0 Å². The first kappa shape index (κ1) is 21.1. The number of hydrogen-bond donors (Lipinski definition) is 2. The quantitative estimate of drug-likeness (QED) is 0.701. The van der Waals surface area contributed by atoms with Gasteiger partial charge in [0.2, 0.25) is 15.9 Å². The van der Waals surface area contributed by atoms with Crippen LogP contribution in [-0.2, 0) is 14.8 Å². The number of sulfonamides is 1. The molecule has 0 bridgehead atoms. The molecule has 27 heavy (non-hydrogen) atoms. The summed E-state index contributed by atoms with van der Waals surface area (Å²) in [6.45, 7) is 1.66. The van der Waals surface area contributed by atoms with Crippen LogP contribution >= 0.6 is 15.9 Å². The van der Waals surface area contributed by atoms with Gasteiger partial charge in [0, 0.05) is 29.8 Å². The van der Waals surface area contributed by atoms with Crippen molar-refractivity contribution in [2.24, 2.45) is 0 Å². The molecule has 2 aromatic rings. The third kappa shape index (κ3) is 5.38. The van der Waals surface area contributed by atoms with Crippen LogP contribution in [0, 0.1) is 6.92 Å². The second-order valence-electron chi connectivity index (χ2n) is 6.00. The van der Waals surface area contributed by atoms with Crippen molar-refractivity contribution in [2.45, 2.75) is 11.8 Å². The van der Waals surface area contributed by atoms with Crippen molar-refractivity contribution < 1.29 is 18.0 Å². The standard InChI is InChI=1S/C18H20BrN3O4S/c1-12-10-14(19)6-9-16(12)21-17(23)11-20-18(24)13-4-7-15(8-5-13)27(25,26)22(2)3/h4-10H,11H2,1-3H3,(H,20,24)(H,21,23). The molecule has 2 aromatic carbocycles. The molecule has 2 N–H and O–H groups in total. The number of aryl methyl sites for hydroxylation is 1. The molecular weight excluding hydrogens is 434 g/mol. The lowest BCUT2D eigenvalue weighted by Crippen LogP contribution is -2.33. The van der Waals surface area contributed by atoms with Gasteiger partial charge >= 0.3 is 0 Å². The smallest absolute Gasteiger partial charge is 0.251 e. The Bertz CT molecular complexity index is 957. The summed E-state index contributed by atoms with van der Waals surface area (Å²) >= 11 is 3.35. The van der Waals surface area contributed by atoms with Gasteiger partial charge in [0.1, 0.15) is 0 Å². The predicted molar refractivity (Wildman–Crippen MR) is 107 cm³/mol. The molecule has 2 rings (SSSR count). The van der Waals surface area contributed by atoms with E-state index in [4.69, 9.17) is 0 Å². The van der Waals surface area contributed by atoms with E-state index >= 15 is 0 Å². The summed E-state index contributed by atoms with van der Waals surface area (Å²) in [7, 11) is -0.688. The Morgan fingerprint density at radius 3 is 2.26 bits per heavy atom. The molecule has 0 saturated heterocycles. The van der Waals surface area contributed by atoms with Gasteiger partial charge in [0.25, 0.3) is 5.91 Å². The van der Waals surface area contributed by atoms with Crippen LogP contribution in [0.4, 0.5) is 5.69 Å². The van der Waals surface area contributed by atoms with Gasteiger partial charge in [-0.3, -0.25) is 9.59 Å². The molecule has 144 valence electrons. The average Bonchev–Trinajstić information content (AvgIpc) is 2.62. The van der Waals surface area contributed by atoms with Gasteiger partial charge in [-0.1, -0.05) is 15.9 Å². The molecule has 2 amide bonds. The van der Waals surface area contributed by atoms with Gasteiger partial charge in [0.05, 0.1) is 11.4 Å². The van der Waals surface area contributed by atoms with Crippen LogP contribution in [0.3, 0.4) is 0 Å². The van der Waals surface area contributed by atoms with E-state index in [1.165, 1.54) is 38.4 Å². The summed E-state index contributed by atoms with van der Waals surface area (Å²) in [5, 5.41) is 5.24. The van der Waals surface area contributed by atoms with Crippen molar-refractivity contribution in [3.63, 3.8) is 0 Å². The lowest BCUT2D eigenvalue weighted by molar-refractivity contribution is -0.115. The molecule has 0 aromatic heterocycles. The van der Waals surface area contributed by atoms with E-state index in [0.717, 1.165) is 14.3 Å². The minimum absolute atomic E-state index is 0.0903. The zero-order valence-electron chi connectivity index (χ0n) is 15.1. The van der Waals surface area contributed by atoms with Crippen LogP contribution in [-0.4, -0.2) is 45.2 Å². The van der Waals surface area contributed by atoms with E-state index in [2.05, 4.69) is 26.6 Å². The predicted octanol–water partition coefficient (Wildman–Crippen LogP) is 2.38. The van der Waals surface area contributed by atoms with Gasteiger partial charge < -0.3 is 10.6 Å². The first-order valence-corrected chi connectivity index (χ1v) is 10.2. The SMILES string of the molecule is Cc1cc(Br)ccc1NC(=O)CNC(=O)c1ccc(S(=O)(=O)N(C)C)cc1. The minimum atomic E-state index is -3.55. The Hall–Kier alpha value is -2.23. The number of amides is 2. The third-order valence-corrected chi connectivity index (χ3v) is 6.09.